The fourth-order valence-electron chi connectivity index (χ4n) is 1.14. The number of primary amides is 1. The molecule has 1 amide bonds. The van der Waals surface area contributed by atoms with E-state index < -0.39 is 17.3 Å². The van der Waals surface area contributed by atoms with Gasteiger partial charge in [0.25, 0.3) is 5.56 Å². The van der Waals surface area contributed by atoms with Gasteiger partial charge in [0.05, 0.1) is 0 Å². The first kappa shape index (κ1) is 12.6. The monoisotopic (exact) mass is 243 g/mol. The van der Waals surface area contributed by atoms with Crippen LogP contribution in [0.1, 0.15) is 0 Å². The lowest BCUT2D eigenvalue weighted by molar-refractivity contribution is 0.161. The SMILES string of the molecule is Cn1c(N)c(NCCOC(N)=O)c(=O)[nH]c1=O. The molecule has 0 spiro atoms. The van der Waals surface area contributed by atoms with Gasteiger partial charge in [0, 0.05) is 13.6 Å². The molecule has 0 fully saturated rings. The number of amides is 1. The smallest absolute Gasteiger partial charge is 0.404 e. The Kier molecular flexibility index (Phi) is 3.75. The molecule has 1 rings (SSSR count). The van der Waals surface area contributed by atoms with Crippen molar-refractivity contribution in [2.45, 2.75) is 0 Å². The summed E-state index contributed by atoms with van der Waals surface area (Å²) >= 11 is 0. The van der Waals surface area contributed by atoms with Gasteiger partial charge in [0.15, 0.2) is 0 Å². The number of aromatic amines is 1. The minimum atomic E-state index is -0.908. The van der Waals surface area contributed by atoms with Gasteiger partial charge in [-0.3, -0.25) is 14.3 Å². The fraction of sp³-hybridized carbons (Fsp3) is 0.375. The topological polar surface area (TPSA) is 145 Å². The fourth-order valence-corrected chi connectivity index (χ4v) is 1.14. The standard InChI is InChI=1S/C8H13N5O4/c1-13-5(9)4(6(14)12-8(13)16)11-2-3-17-7(10)15/h11H,2-3,9H2,1H3,(H2,10,15)(H,12,14,16). The highest BCUT2D eigenvalue weighted by Gasteiger charge is 2.08. The molecule has 0 aliphatic heterocycles. The number of nitrogen functional groups attached to an aromatic ring is 1. The Hall–Kier alpha value is -2.45. The summed E-state index contributed by atoms with van der Waals surface area (Å²) in [4.78, 5) is 34.9. The Balaban J connectivity index is 2.78. The summed E-state index contributed by atoms with van der Waals surface area (Å²) < 4.78 is 5.53. The average Bonchev–Trinajstić information content (AvgIpc) is 2.24. The molecule has 17 heavy (non-hydrogen) atoms. The van der Waals surface area contributed by atoms with Crippen LogP contribution in [0.2, 0.25) is 0 Å². The molecule has 0 unspecified atom stereocenters. The van der Waals surface area contributed by atoms with E-state index in [0.29, 0.717) is 0 Å². The largest absolute Gasteiger partial charge is 0.448 e. The molecular weight excluding hydrogens is 230 g/mol. The van der Waals surface area contributed by atoms with Crippen LogP contribution in [0.3, 0.4) is 0 Å². The highest BCUT2D eigenvalue weighted by molar-refractivity contribution is 5.64. The number of hydrogen-bond acceptors (Lipinski definition) is 6. The Labute approximate surface area is 95.4 Å². The van der Waals surface area contributed by atoms with E-state index in [4.69, 9.17) is 11.5 Å². The van der Waals surface area contributed by atoms with Gasteiger partial charge in [-0.2, -0.15) is 0 Å². The lowest BCUT2D eigenvalue weighted by Crippen LogP contribution is -2.33. The van der Waals surface area contributed by atoms with Gasteiger partial charge in [-0.05, 0) is 0 Å². The number of rotatable bonds is 4. The lowest BCUT2D eigenvalue weighted by Gasteiger charge is -2.10. The zero-order valence-electron chi connectivity index (χ0n) is 9.15. The number of nitrogens with one attached hydrogen (secondary N) is 2. The molecule has 0 saturated carbocycles. The zero-order chi connectivity index (χ0) is 13.0. The molecule has 0 bridgehead atoms. The van der Waals surface area contributed by atoms with Gasteiger partial charge in [-0.15, -0.1) is 0 Å². The maximum Gasteiger partial charge on any atom is 0.404 e. The van der Waals surface area contributed by atoms with Gasteiger partial charge >= 0.3 is 11.8 Å². The summed E-state index contributed by atoms with van der Waals surface area (Å²) in [5.41, 5.74) is 9.13. The van der Waals surface area contributed by atoms with Gasteiger partial charge in [-0.25, -0.2) is 9.59 Å². The van der Waals surface area contributed by atoms with Crippen molar-refractivity contribution >= 4 is 17.6 Å². The average molecular weight is 243 g/mol. The molecule has 9 nitrogen and oxygen atoms in total. The maximum absolute atomic E-state index is 11.4. The summed E-state index contributed by atoms with van der Waals surface area (Å²) in [6.07, 6.45) is -0.908. The number of carbonyl (C=O) groups excluding carboxylic acids is 1. The van der Waals surface area contributed by atoms with Crippen molar-refractivity contribution in [1.29, 1.82) is 0 Å². The van der Waals surface area contributed by atoms with Crippen LogP contribution in [0, 0.1) is 0 Å². The molecule has 1 heterocycles. The molecule has 0 aliphatic carbocycles. The van der Waals surface area contributed by atoms with E-state index in [-0.39, 0.29) is 24.7 Å². The summed E-state index contributed by atoms with van der Waals surface area (Å²) in [7, 11) is 1.42. The number of hydrogen-bond donors (Lipinski definition) is 4. The number of carbonyl (C=O) groups is 1. The molecule has 1 aromatic rings. The van der Waals surface area contributed by atoms with Crippen LogP contribution in [0.4, 0.5) is 16.3 Å². The minimum Gasteiger partial charge on any atom is -0.448 e. The summed E-state index contributed by atoms with van der Waals surface area (Å²) in [5.74, 6) is -0.00201. The summed E-state index contributed by atoms with van der Waals surface area (Å²) in [6, 6.07) is 0. The first-order chi connectivity index (χ1) is 7.93. The van der Waals surface area contributed by atoms with Crippen LogP contribution in [-0.2, 0) is 11.8 Å². The lowest BCUT2D eigenvalue weighted by atomic mass is 10.4. The minimum absolute atomic E-state index is 0.00201. The third kappa shape index (κ3) is 3.00. The Bertz CT molecular complexity index is 532. The molecule has 6 N–H and O–H groups in total. The molecule has 0 saturated heterocycles. The molecule has 0 atom stereocenters. The zero-order valence-corrected chi connectivity index (χ0v) is 9.15. The second-order valence-electron chi connectivity index (χ2n) is 3.17. The van der Waals surface area contributed by atoms with E-state index in [1.165, 1.54) is 7.05 Å². The van der Waals surface area contributed by atoms with Crippen LogP contribution in [0.25, 0.3) is 0 Å². The Morgan fingerprint density at radius 2 is 2.18 bits per heavy atom. The third-order valence-electron chi connectivity index (χ3n) is 2.02. The number of nitrogens with two attached hydrogens (primary N) is 2. The van der Waals surface area contributed by atoms with Crippen molar-refractivity contribution in [1.82, 2.24) is 9.55 Å². The number of aromatic nitrogens is 2. The number of nitrogens with zero attached hydrogens (tertiary/aromatic N) is 1. The van der Waals surface area contributed by atoms with Crippen LogP contribution in [0.15, 0.2) is 9.59 Å². The molecule has 94 valence electrons. The molecule has 0 aromatic carbocycles. The van der Waals surface area contributed by atoms with Gasteiger partial charge in [-0.1, -0.05) is 0 Å². The molecule has 0 aliphatic rings. The van der Waals surface area contributed by atoms with E-state index >= 15 is 0 Å². The van der Waals surface area contributed by atoms with E-state index in [2.05, 4.69) is 15.0 Å². The number of H-pyrrole nitrogens is 1. The highest BCUT2D eigenvalue weighted by Crippen LogP contribution is 2.07. The van der Waals surface area contributed by atoms with Crippen molar-refractivity contribution in [2.24, 2.45) is 12.8 Å². The second kappa shape index (κ2) is 5.05. The van der Waals surface area contributed by atoms with Crippen molar-refractivity contribution in [2.75, 3.05) is 24.2 Å². The van der Waals surface area contributed by atoms with Gasteiger partial charge in [0.2, 0.25) is 0 Å². The Morgan fingerprint density at radius 1 is 1.53 bits per heavy atom. The van der Waals surface area contributed by atoms with Crippen molar-refractivity contribution in [3.63, 3.8) is 0 Å². The summed E-state index contributed by atoms with van der Waals surface area (Å²) in [5, 5.41) is 2.64. The van der Waals surface area contributed by atoms with E-state index in [1.807, 2.05) is 0 Å². The Morgan fingerprint density at radius 3 is 2.76 bits per heavy atom. The predicted octanol–water partition coefficient (Wildman–Crippen LogP) is -1.84. The maximum atomic E-state index is 11.4. The summed E-state index contributed by atoms with van der Waals surface area (Å²) in [6.45, 7) is 0.130. The van der Waals surface area contributed by atoms with Crippen LogP contribution in [0.5, 0.6) is 0 Å². The number of ether oxygens (including phenoxy) is 1. The van der Waals surface area contributed by atoms with E-state index in [1.54, 1.807) is 0 Å². The van der Waals surface area contributed by atoms with Crippen LogP contribution >= 0.6 is 0 Å². The van der Waals surface area contributed by atoms with Crippen molar-refractivity contribution < 1.29 is 9.53 Å². The number of anilines is 2. The van der Waals surface area contributed by atoms with Crippen LogP contribution in [-0.4, -0.2) is 28.8 Å². The first-order valence-corrected chi connectivity index (χ1v) is 4.68. The molecular formula is C8H13N5O4. The quantitative estimate of drug-likeness (QED) is 0.457. The highest BCUT2D eigenvalue weighted by atomic mass is 16.5. The van der Waals surface area contributed by atoms with Gasteiger partial charge in [0.1, 0.15) is 18.1 Å². The third-order valence-corrected chi connectivity index (χ3v) is 2.02. The second-order valence-corrected chi connectivity index (χ2v) is 3.17. The van der Waals surface area contributed by atoms with Crippen molar-refractivity contribution in [3.05, 3.63) is 20.8 Å². The van der Waals surface area contributed by atoms with Crippen molar-refractivity contribution in [3.8, 4) is 0 Å². The van der Waals surface area contributed by atoms with E-state index in [9.17, 15) is 14.4 Å². The first-order valence-electron chi connectivity index (χ1n) is 4.68. The molecule has 9 heteroatoms. The molecule has 0 radical (unpaired) electrons. The van der Waals surface area contributed by atoms with Crippen LogP contribution < -0.4 is 28.0 Å². The van der Waals surface area contributed by atoms with Gasteiger partial charge < -0.3 is 21.5 Å². The predicted molar refractivity (Wildman–Crippen MR) is 60.7 cm³/mol. The molecule has 1 aromatic heterocycles. The normalized spacial score (nSPS) is 9.94. The van der Waals surface area contributed by atoms with E-state index in [0.717, 1.165) is 4.57 Å².